The molecule has 0 saturated heterocycles. The molecule has 1 aromatic heterocycles. The van der Waals surface area contributed by atoms with E-state index < -0.39 is 0 Å². The van der Waals surface area contributed by atoms with Gasteiger partial charge in [-0.25, -0.2) is 4.39 Å². The number of aromatic nitrogens is 1. The summed E-state index contributed by atoms with van der Waals surface area (Å²) in [6.07, 6.45) is 2.42. The van der Waals surface area contributed by atoms with Crippen LogP contribution in [0.1, 0.15) is 29.9 Å². The fourth-order valence-electron chi connectivity index (χ4n) is 1.99. The summed E-state index contributed by atoms with van der Waals surface area (Å²) in [7, 11) is 0. The third-order valence-corrected chi connectivity index (χ3v) is 3.16. The Morgan fingerprint density at radius 2 is 2.20 bits per heavy atom. The molecule has 0 spiro atoms. The van der Waals surface area contributed by atoms with Crippen LogP contribution in [0.2, 0.25) is 0 Å². The highest BCUT2D eigenvalue weighted by Gasteiger charge is 2.20. The summed E-state index contributed by atoms with van der Waals surface area (Å²) in [6, 6.07) is 7.15. The van der Waals surface area contributed by atoms with Gasteiger partial charge in [-0.3, -0.25) is 0 Å². The topological polar surface area (TPSA) is 47.3 Å². The Kier molecular flexibility index (Phi) is 3.69. The van der Waals surface area contributed by atoms with Gasteiger partial charge in [0, 0.05) is 24.7 Å². The highest BCUT2D eigenvalue weighted by molar-refractivity contribution is 5.29. The maximum atomic E-state index is 13.6. The molecule has 20 heavy (non-hydrogen) atoms. The smallest absolute Gasteiger partial charge is 0.174 e. The lowest BCUT2D eigenvalue weighted by Gasteiger charge is -2.08. The fourth-order valence-corrected chi connectivity index (χ4v) is 1.99. The molecule has 106 valence electrons. The molecule has 1 aliphatic rings. The third-order valence-electron chi connectivity index (χ3n) is 3.16. The number of ether oxygens (including phenoxy) is 1. The lowest BCUT2D eigenvalue weighted by Crippen LogP contribution is -2.15. The number of benzene rings is 1. The van der Waals surface area contributed by atoms with Crippen molar-refractivity contribution >= 4 is 0 Å². The van der Waals surface area contributed by atoms with E-state index in [1.165, 1.54) is 25.0 Å². The molecule has 3 rings (SSSR count). The van der Waals surface area contributed by atoms with Crippen LogP contribution in [0.3, 0.4) is 0 Å². The lowest BCUT2D eigenvalue weighted by atomic mass is 10.2. The van der Waals surface area contributed by atoms with Crippen molar-refractivity contribution in [3.8, 4) is 5.75 Å². The number of rotatable bonds is 6. The van der Waals surface area contributed by atoms with Crippen molar-refractivity contribution in [2.75, 3.05) is 0 Å². The van der Waals surface area contributed by atoms with Crippen LogP contribution in [0.15, 0.2) is 28.8 Å². The Balaban J connectivity index is 1.62. The molecule has 0 unspecified atom stereocenters. The first-order valence-corrected chi connectivity index (χ1v) is 6.77. The van der Waals surface area contributed by atoms with Gasteiger partial charge >= 0.3 is 0 Å². The summed E-state index contributed by atoms with van der Waals surface area (Å²) in [4.78, 5) is 0. The summed E-state index contributed by atoms with van der Waals surface area (Å²) in [5.41, 5.74) is 1.69. The average molecular weight is 276 g/mol. The highest BCUT2D eigenvalue weighted by Crippen LogP contribution is 2.21. The van der Waals surface area contributed by atoms with E-state index in [0.717, 1.165) is 11.3 Å². The fraction of sp³-hybridized carbons (Fsp3) is 0.400. The molecule has 0 radical (unpaired) electrons. The molecule has 2 aromatic rings. The summed E-state index contributed by atoms with van der Waals surface area (Å²) in [6.45, 7) is 2.76. The van der Waals surface area contributed by atoms with Crippen LogP contribution >= 0.6 is 0 Å². The molecular weight excluding hydrogens is 259 g/mol. The Labute approximate surface area is 116 Å². The standard InChI is InChI=1S/C15H17FN2O2/c1-10-4-15(20-18-10)9-19-14-6-11(5-12(16)7-14)8-17-13-2-3-13/h4-7,13,17H,2-3,8-9H2,1H3. The van der Waals surface area contributed by atoms with Crippen LogP contribution in [0.5, 0.6) is 5.75 Å². The van der Waals surface area contributed by atoms with Gasteiger partial charge in [-0.05, 0) is 37.5 Å². The Morgan fingerprint density at radius 3 is 2.90 bits per heavy atom. The molecule has 1 aromatic carbocycles. The van der Waals surface area contributed by atoms with Crippen molar-refractivity contribution in [1.29, 1.82) is 0 Å². The van der Waals surface area contributed by atoms with Gasteiger partial charge in [0.2, 0.25) is 0 Å². The van der Waals surface area contributed by atoms with Gasteiger partial charge in [-0.15, -0.1) is 0 Å². The quantitative estimate of drug-likeness (QED) is 0.881. The minimum absolute atomic E-state index is 0.250. The number of halogens is 1. The van der Waals surface area contributed by atoms with Gasteiger partial charge in [0.15, 0.2) is 5.76 Å². The molecule has 1 heterocycles. The molecule has 5 heteroatoms. The predicted octanol–water partition coefficient (Wildman–Crippen LogP) is 2.95. The van der Waals surface area contributed by atoms with Gasteiger partial charge in [-0.1, -0.05) is 5.16 Å². The predicted molar refractivity (Wildman–Crippen MR) is 71.8 cm³/mol. The van der Waals surface area contributed by atoms with Crippen LogP contribution in [0, 0.1) is 12.7 Å². The van der Waals surface area contributed by atoms with E-state index in [0.29, 0.717) is 24.1 Å². The number of hydrogen-bond donors (Lipinski definition) is 1. The minimum atomic E-state index is -0.288. The van der Waals surface area contributed by atoms with E-state index in [-0.39, 0.29) is 12.4 Å². The van der Waals surface area contributed by atoms with Gasteiger partial charge in [0.05, 0.1) is 5.69 Å². The second-order valence-electron chi connectivity index (χ2n) is 5.17. The van der Waals surface area contributed by atoms with Crippen LogP contribution in [-0.4, -0.2) is 11.2 Å². The summed E-state index contributed by atoms with van der Waals surface area (Å²) in [5, 5.41) is 7.13. The van der Waals surface area contributed by atoms with Gasteiger partial charge < -0.3 is 14.6 Å². The van der Waals surface area contributed by atoms with Crippen molar-refractivity contribution in [3.05, 3.63) is 47.1 Å². The average Bonchev–Trinajstić information content (AvgIpc) is 3.15. The van der Waals surface area contributed by atoms with Crippen molar-refractivity contribution in [2.45, 2.75) is 39.0 Å². The number of hydrogen-bond acceptors (Lipinski definition) is 4. The van der Waals surface area contributed by atoms with Gasteiger partial charge in [-0.2, -0.15) is 0 Å². The largest absolute Gasteiger partial charge is 0.485 e. The molecule has 1 saturated carbocycles. The van der Waals surface area contributed by atoms with Crippen LogP contribution in [-0.2, 0) is 13.2 Å². The molecule has 0 atom stereocenters. The number of nitrogens with one attached hydrogen (secondary N) is 1. The van der Waals surface area contributed by atoms with Crippen molar-refractivity contribution < 1.29 is 13.7 Å². The van der Waals surface area contributed by atoms with Crippen molar-refractivity contribution in [3.63, 3.8) is 0 Å². The Bertz CT molecular complexity index is 593. The molecule has 4 nitrogen and oxygen atoms in total. The zero-order valence-electron chi connectivity index (χ0n) is 11.4. The monoisotopic (exact) mass is 276 g/mol. The molecule has 1 N–H and O–H groups in total. The zero-order chi connectivity index (χ0) is 13.9. The summed E-state index contributed by atoms with van der Waals surface area (Å²) in [5.74, 6) is 0.847. The number of nitrogens with zero attached hydrogens (tertiary/aromatic N) is 1. The lowest BCUT2D eigenvalue weighted by molar-refractivity contribution is 0.247. The second-order valence-corrected chi connectivity index (χ2v) is 5.17. The first-order valence-electron chi connectivity index (χ1n) is 6.77. The summed E-state index contributed by atoms with van der Waals surface area (Å²) >= 11 is 0. The van der Waals surface area contributed by atoms with Crippen LogP contribution < -0.4 is 10.1 Å². The van der Waals surface area contributed by atoms with E-state index >= 15 is 0 Å². The second kappa shape index (κ2) is 5.63. The van der Waals surface area contributed by atoms with Crippen LogP contribution in [0.4, 0.5) is 4.39 Å². The van der Waals surface area contributed by atoms with E-state index in [4.69, 9.17) is 9.26 Å². The maximum Gasteiger partial charge on any atom is 0.174 e. The van der Waals surface area contributed by atoms with E-state index in [2.05, 4.69) is 10.5 Å². The van der Waals surface area contributed by atoms with E-state index in [1.807, 2.05) is 13.0 Å². The highest BCUT2D eigenvalue weighted by atomic mass is 19.1. The minimum Gasteiger partial charge on any atom is -0.485 e. The molecule has 1 aliphatic carbocycles. The first-order chi connectivity index (χ1) is 9.69. The maximum absolute atomic E-state index is 13.6. The molecule has 0 aliphatic heterocycles. The van der Waals surface area contributed by atoms with E-state index in [1.54, 1.807) is 6.07 Å². The third kappa shape index (κ3) is 3.57. The Hall–Kier alpha value is -1.88. The van der Waals surface area contributed by atoms with Gasteiger partial charge in [0.25, 0.3) is 0 Å². The van der Waals surface area contributed by atoms with E-state index in [9.17, 15) is 4.39 Å². The van der Waals surface area contributed by atoms with Crippen molar-refractivity contribution in [1.82, 2.24) is 10.5 Å². The molecular formula is C15H17FN2O2. The normalized spacial score (nSPS) is 14.5. The number of aryl methyl sites for hydroxylation is 1. The Morgan fingerprint density at radius 1 is 1.35 bits per heavy atom. The summed E-state index contributed by atoms with van der Waals surface area (Å²) < 4.78 is 24.2. The SMILES string of the molecule is Cc1cc(COc2cc(F)cc(CNC3CC3)c2)on1. The van der Waals surface area contributed by atoms with Crippen molar-refractivity contribution in [2.24, 2.45) is 0 Å². The molecule has 0 bridgehead atoms. The van der Waals surface area contributed by atoms with Crippen LogP contribution in [0.25, 0.3) is 0 Å². The van der Waals surface area contributed by atoms with Gasteiger partial charge in [0.1, 0.15) is 18.2 Å². The zero-order valence-corrected chi connectivity index (χ0v) is 11.4. The molecule has 0 amide bonds. The molecule has 1 fully saturated rings. The first kappa shape index (κ1) is 13.1.